The lowest BCUT2D eigenvalue weighted by atomic mass is 10.1. The molecule has 1 heterocycles. The van der Waals surface area contributed by atoms with Crippen molar-refractivity contribution in [2.45, 2.75) is 38.0 Å². The van der Waals surface area contributed by atoms with Crippen LogP contribution in [0.2, 0.25) is 0 Å². The molecule has 0 bridgehead atoms. The molecule has 0 saturated heterocycles. The van der Waals surface area contributed by atoms with E-state index in [0.717, 1.165) is 40.3 Å². The first-order chi connectivity index (χ1) is 10.0. The van der Waals surface area contributed by atoms with Gasteiger partial charge < -0.3 is 5.32 Å². The fraction of sp³-hybridized carbons (Fsp3) is 0.400. The van der Waals surface area contributed by atoms with E-state index in [9.17, 15) is 13.2 Å². The largest absolute Gasteiger partial charge is 0.395 e. The minimum absolute atomic E-state index is 0.133. The number of rotatable bonds is 5. The van der Waals surface area contributed by atoms with Gasteiger partial charge in [0, 0.05) is 12.6 Å². The molecule has 0 amide bonds. The molecule has 1 saturated carbocycles. The van der Waals surface area contributed by atoms with E-state index < -0.39 is 12.6 Å². The van der Waals surface area contributed by atoms with Crippen molar-refractivity contribution < 1.29 is 13.2 Å². The van der Waals surface area contributed by atoms with E-state index in [1.54, 1.807) is 0 Å². The quantitative estimate of drug-likeness (QED) is 0.896. The Balaban J connectivity index is 1.87. The van der Waals surface area contributed by atoms with Gasteiger partial charge in [-0.3, -0.25) is 0 Å². The third kappa shape index (κ3) is 4.04. The Bertz CT molecular complexity index is 603. The van der Waals surface area contributed by atoms with E-state index in [0.29, 0.717) is 12.6 Å². The number of halogens is 3. The van der Waals surface area contributed by atoms with Gasteiger partial charge in [-0.2, -0.15) is 13.2 Å². The summed E-state index contributed by atoms with van der Waals surface area (Å²) in [7, 11) is 0. The van der Waals surface area contributed by atoms with Crippen molar-refractivity contribution in [3.63, 3.8) is 0 Å². The normalized spacial score (nSPS) is 15.4. The number of nitrogens with one attached hydrogen (secondary N) is 1. The minimum Gasteiger partial charge on any atom is -0.308 e. The molecule has 1 aliphatic rings. The van der Waals surface area contributed by atoms with Crippen LogP contribution in [0.5, 0.6) is 0 Å². The molecule has 1 aliphatic carbocycles. The average molecular weight is 312 g/mol. The van der Waals surface area contributed by atoms with E-state index in [-0.39, 0.29) is 5.01 Å². The van der Waals surface area contributed by atoms with Gasteiger partial charge in [-0.05, 0) is 18.4 Å². The maximum atomic E-state index is 12.6. The van der Waals surface area contributed by atoms with Crippen molar-refractivity contribution in [3.8, 4) is 10.4 Å². The summed E-state index contributed by atoms with van der Waals surface area (Å²) in [4.78, 5) is 5.04. The molecule has 3 rings (SSSR count). The first-order valence-corrected chi connectivity index (χ1v) is 7.67. The molecule has 2 aromatic rings. The zero-order valence-electron chi connectivity index (χ0n) is 11.3. The summed E-state index contributed by atoms with van der Waals surface area (Å²) >= 11 is 1.14. The Morgan fingerprint density at radius 2 is 1.90 bits per heavy atom. The van der Waals surface area contributed by atoms with Gasteiger partial charge in [-0.15, -0.1) is 11.3 Å². The van der Waals surface area contributed by atoms with Crippen LogP contribution in [0.3, 0.4) is 0 Å². The van der Waals surface area contributed by atoms with E-state index >= 15 is 0 Å². The fourth-order valence-corrected chi connectivity index (χ4v) is 3.23. The molecule has 0 spiro atoms. The number of benzene rings is 1. The molecule has 1 N–H and O–H groups in total. The molecule has 1 aromatic heterocycles. The van der Waals surface area contributed by atoms with Gasteiger partial charge >= 0.3 is 6.18 Å². The smallest absolute Gasteiger partial charge is 0.308 e. The van der Waals surface area contributed by atoms with Crippen molar-refractivity contribution in [1.29, 1.82) is 0 Å². The van der Waals surface area contributed by atoms with E-state index in [2.05, 4.69) is 10.3 Å². The topological polar surface area (TPSA) is 24.9 Å². The predicted molar refractivity (Wildman–Crippen MR) is 77.2 cm³/mol. The van der Waals surface area contributed by atoms with E-state index in [1.807, 2.05) is 30.3 Å². The Kier molecular flexibility index (Phi) is 3.99. The maximum absolute atomic E-state index is 12.6. The molecule has 0 radical (unpaired) electrons. The van der Waals surface area contributed by atoms with Crippen LogP contribution in [0.15, 0.2) is 30.3 Å². The lowest BCUT2D eigenvalue weighted by Gasteiger charge is -2.03. The van der Waals surface area contributed by atoms with E-state index in [4.69, 9.17) is 0 Å². The van der Waals surface area contributed by atoms with Gasteiger partial charge in [-0.1, -0.05) is 30.3 Å². The van der Waals surface area contributed by atoms with Crippen molar-refractivity contribution in [2.24, 2.45) is 0 Å². The first-order valence-electron chi connectivity index (χ1n) is 6.85. The summed E-state index contributed by atoms with van der Waals surface area (Å²) in [6.07, 6.45) is -2.89. The van der Waals surface area contributed by atoms with Gasteiger partial charge in [0.15, 0.2) is 0 Å². The van der Waals surface area contributed by atoms with Gasteiger partial charge in [0.1, 0.15) is 5.01 Å². The molecule has 0 unspecified atom stereocenters. The number of hydrogen-bond donors (Lipinski definition) is 1. The number of aromatic nitrogens is 1. The Morgan fingerprint density at radius 3 is 2.52 bits per heavy atom. The SMILES string of the molecule is FC(F)(F)Cc1nc(CNC2CC2)c(-c2ccccc2)s1. The second kappa shape index (κ2) is 5.77. The van der Waals surface area contributed by atoms with Gasteiger partial charge in [0.05, 0.1) is 17.0 Å². The third-order valence-electron chi connectivity index (χ3n) is 3.26. The highest BCUT2D eigenvalue weighted by Crippen LogP contribution is 2.33. The molecular weight excluding hydrogens is 297 g/mol. The number of hydrogen-bond acceptors (Lipinski definition) is 3. The van der Waals surface area contributed by atoms with Crippen LogP contribution >= 0.6 is 11.3 Å². The monoisotopic (exact) mass is 312 g/mol. The van der Waals surface area contributed by atoms with Crippen molar-refractivity contribution in [3.05, 3.63) is 41.0 Å². The summed E-state index contributed by atoms with van der Waals surface area (Å²) in [5.74, 6) is 0. The summed E-state index contributed by atoms with van der Waals surface area (Å²) < 4.78 is 37.7. The number of thiazole rings is 1. The van der Waals surface area contributed by atoms with Crippen molar-refractivity contribution >= 4 is 11.3 Å². The van der Waals surface area contributed by atoms with Crippen molar-refractivity contribution in [2.75, 3.05) is 0 Å². The second-order valence-electron chi connectivity index (χ2n) is 5.20. The lowest BCUT2D eigenvalue weighted by Crippen LogP contribution is -2.16. The van der Waals surface area contributed by atoms with Crippen molar-refractivity contribution in [1.82, 2.24) is 10.3 Å². The highest BCUT2D eigenvalue weighted by Gasteiger charge is 2.30. The van der Waals surface area contributed by atoms with Crippen LogP contribution in [-0.4, -0.2) is 17.2 Å². The zero-order valence-corrected chi connectivity index (χ0v) is 12.1. The highest BCUT2D eigenvalue weighted by molar-refractivity contribution is 7.15. The molecule has 0 atom stereocenters. The van der Waals surface area contributed by atoms with Gasteiger partial charge in [-0.25, -0.2) is 4.98 Å². The number of nitrogens with zero attached hydrogens (tertiary/aromatic N) is 1. The predicted octanol–water partition coefficient (Wildman–Crippen LogP) is 4.17. The van der Waals surface area contributed by atoms with Crippen LogP contribution in [-0.2, 0) is 13.0 Å². The zero-order chi connectivity index (χ0) is 14.9. The third-order valence-corrected chi connectivity index (χ3v) is 4.41. The van der Waals surface area contributed by atoms with E-state index in [1.165, 1.54) is 0 Å². The van der Waals surface area contributed by atoms with Gasteiger partial charge in [0.25, 0.3) is 0 Å². The fourth-order valence-electron chi connectivity index (χ4n) is 2.11. The van der Waals surface area contributed by atoms with Crippen LogP contribution in [0, 0.1) is 0 Å². The van der Waals surface area contributed by atoms with Crippen LogP contribution in [0.4, 0.5) is 13.2 Å². The molecule has 0 aliphatic heterocycles. The molecule has 2 nitrogen and oxygen atoms in total. The molecule has 112 valence electrons. The second-order valence-corrected chi connectivity index (χ2v) is 6.28. The summed E-state index contributed by atoms with van der Waals surface area (Å²) in [5.41, 5.74) is 1.65. The van der Waals surface area contributed by atoms with Gasteiger partial charge in [0.2, 0.25) is 0 Å². The molecule has 21 heavy (non-hydrogen) atoms. The highest BCUT2D eigenvalue weighted by atomic mass is 32.1. The molecule has 1 fully saturated rings. The molecule has 1 aromatic carbocycles. The molecular formula is C15H15F3N2S. The van der Waals surface area contributed by atoms with Crippen LogP contribution in [0.25, 0.3) is 10.4 Å². The lowest BCUT2D eigenvalue weighted by molar-refractivity contribution is -0.127. The Morgan fingerprint density at radius 1 is 1.19 bits per heavy atom. The minimum atomic E-state index is -4.22. The summed E-state index contributed by atoms with van der Waals surface area (Å²) in [6.45, 7) is 0.531. The van der Waals surface area contributed by atoms with Crippen LogP contribution in [0.1, 0.15) is 23.5 Å². The van der Waals surface area contributed by atoms with Crippen LogP contribution < -0.4 is 5.32 Å². The summed E-state index contributed by atoms with van der Waals surface area (Å²) in [6, 6.07) is 9.98. The summed E-state index contributed by atoms with van der Waals surface area (Å²) in [5, 5.41) is 3.46. The molecule has 6 heteroatoms. The average Bonchev–Trinajstić information content (AvgIpc) is 3.17. The standard InChI is InChI=1S/C15H15F3N2S/c16-15(17,18)8-13-20-12(9-19-11-6-7-11)14(21-13)10-4-2-1-3-5-10/h1-5,11,19H,6-9H2. The Hall–Kier alpha value is -1.40. The first kappa shape index (κ1) is 14.5. The Labute approximate surface area is 125 Å². The number of alkyl halides is 3. The maximum Gasteiger partial charge on any atom is 0.395 e.